The van der Waals surface area contributed by atoms with E-state index in [-0.39, 0.29) is 6.03 Å². The SMILES string of the molecule is CCCCCCCCOc1ccc(Nc2nc(C3=NC(=O)NC3)cs2)cc1. The lowest BCUT2D eigenvalue weighted by Gasteiger charge is -2.08. The molecule has 1 aliphatic heterocycles. The van der Waals surface area contributed by atoms with Gasteiger partial charge in [-0.2, -0.15) is 4.99 Å². The van der Waals surface area contributed by atoms with Gasteiger partial charge in [-0.3, -0.25) is 0 Å². The molecule has 0 atom stereocenters. The molecule has 0 radical (unpaired) electrons. The summed E-state index contributed by atoms with van der Waals surface area (Å²) >= 11 is 1.49. The van der Waals surface area contributed by atoms with Gasteiger partial charge in [0.05, 0.1) is 24.6 Å². The Morgan fingerprint density at radius 1 is 1.15 bits per heavy atom. The summed E-state index contributed by atoms with van der Waals surface area (Å²) in [5, 5.41) is 8.60. The summed E-state index contributed by atoms with van der Waals surface area (Å²) in [5.74, 6) is 0.888. The van der Waals surface area contributed by atoms with Crippen LogP contribution < -0.4 is 15.4 Å². The van der Waals surface area contributed by atoms with Gasteiger partial charge in [-0.25, -0.2) is 9.78 Å². The van der Waals surface area contributed by atoms with E-state index in [9.17, 15) is 4.79 Å². The number of rotatable bonds is 11. The van der Waals surface area contributed by atoms with Crippen molar-refractivity contribution in [1.29, 1.82) is 0 Å². The fourth-order valence-corrected chi connectivity index (χ4v) is 3.54. The number of hydrogen-bond acceptors (Lipinski definition) is 5. The van der Waals surface area contributed by atoms with E-state index in [0.717, 1.165) is 35.3 Å². The molecule has 0 spiro atoms. The zero-order valence-electron chi connectivity index (χ0n) is 15.7. The number of ether oxygens (including phenoxy) is 1. The van der Waals surface area contributed by atoms with Gasteiger partial charge in [-0.15, -0.1) is 11.3 Å². The zero-order chi connectivity index (χ0) is 18.9. The maximum absolute atomic E-state index is 11.2. The highest BCUT2D eigenvalue weighted by Crippen LogP contribution is 2.23. The standard InChI is InChI=1S/C20H26N4O2S/c1-2-3-4-5-6-7-12-26-16-10-8-15(9-11-16)22-20-24-18(14-27-20)17-13-21-19(25)23-17/h8-11,14H,2-7,12-13H2,1H3,(H,21,25)(H,22,24). The van der Waals surface area contributed by atoms with Crippen LogP contribution in [0.25, 0.3) is 0 Å². The number of unbranched alkanes of at least 4 members (excludes halogenated alkanes) is 5. The minimum Gasteiger partial charge on any atom is -0.494 e. The molecule has 0 bridgehead atoms. The predicted molar refractivity (Wildman–Crippen MR) is 111 cm³/mol. The third kappa shape index (κ3) is 6.06. The molecule has 0 aliphatic carbocycles. The third-order valence-electron chi connectivity index (χ3n) is 4.32. The van der Waals surface area contributed by atoms with E-state index in [2.05, 4.69) is 27.5 Å². The van der Waals surface area contributed by atoms with Gasteiger partial charge in [0.15, 0.2) is 5.13 Å². The van der Waals surface area contributed by atoms with Crippen molar-refractivity contribution in [3.8, 4) is 5.75 Å². The Hall–Kier alpha value is -2.41. The fraction of sp³-hybridized carbons (Fsp3) is 0.450. The normalized spacial score (nSPS) is 13.4. The smallest absolute Gasteiger partial charge is 0.341 e. The summed E-state index contributed by atoms with van der Waals surface area (Å²) in [6.45, 7) is 3.44. The van der Waals surface area contributed by atoms with Crippen molar-refractivity contribution in [1.82, 2.24) is 10.3 Å². The van der Waals surface area contributed by atoms with Gasteiger partial charge < -0.3 is 15.4 Å². The first-order valence-corrected chi connectivity index (χ1v) is 10.4. The molecule has 2 amide bonds. The number of carbonyl (C=O) groups is 1. The number of thiazole rings is 1. The quantitative estimate of drug-likeness (QED) is 0.524. The molecule has 7 heteroatoms. The lowest BCUT2D eigenvalue weighted by molar-refractivity contribution is 0.252. The molecular weight excluding hydrogens is 360 g/mol. The first kappa shape index (κ1) is 19.4. The summed E-state index contributed by atoms with van der Waals surface area (Å²) in [6.07, 6.45) is 7.58. The van der Waals surface area contributed by atoms with Crippen LogP contribution in [0.3, 0.4) is 0 Å². The molecule has 1 aromatic carbocycles. The molecule has 2 N–H and O–H groups in total. The number of aromatic nitrogens is 1. The largest absolute Gasteiger partial charge is 0.494 e. The molecule has 1 aliphatic rings. The number of aliphatic imine (C=N–C) groups is 1. The number of urea groups is 1. The third-order valence-corrected chi connectivity index (χ3v) is 5.07. The van der Waals surface area contributed by atoms with Gasteiger partial charge in [0.2, 0.25) is 0 Å². The highest BCUT2D eigenvalue weighted by atomic mass is 32.1. The van der Waals surface area contributed by atoms with E-state index in [1.807, 2.05) is 29.6 Å². The number of hydrogen-bond donors (Lipinski definition) is 2. The highest BCUT2D eigenvalue weighted by molar-refractivity contribution is 7.14. The van der Waals surface area contributed by atoms with Gasteiger partial charge in [-0.1, -0.05) is 39.0 Å². The molecule has 0 saturated heterocycles. The van der Waals surface area contributed by atoms with Crippen LogP contribution >= 0.6 is 11.3 Å². The van der Waals surface area contributed by atoms with Crippen molar-refractivity contribution in [3.05, 3.63) is 35.3 Å². The molecular formula is C20H26N4O2S. The van der Waals surface area contributed by atoms with Crippen molar-refractivity contribution < 1.29 is 9.53 Å². The highest BCUT2D eigenvalue weighted by Gasteiger charge is 2.17. The van der Waals surface area contributed by atoms with E-state index >= 15 is 0 Å². The molecule has 0 saturated carbocycles. The molecule has 144 valence electrons. The minimum absolute atomic E-state index is 0.302. The van der Waals surface area contributed by atoms with Crippen molar-refractivity contribution in [3.63, 3.8) is 0 Å². The molecule has 2 aromatic rings. The molecule has 0 unspecified atom stereocenters. The van der Waals surface area contributed by atoms with Gasteiger partial charge in [0, 0.05) is 11.1 Å². The van der Waals surface area contributed by atoms with Gasteiger partial charge in [0.1, 0.15) is 5.75 Å². The minimum atomic E-state index is -0.302. The molecule has 3 rings (SSSR count). The summed E-state index contributed by atoms with van der Waals surface area (Å²) in [7, 11) is 0. The van der Waals surface area contributed by atoms with Crippen LogP contribution in [0.1, 0.15) is 51.1 Å². The average Bonchev–Trinajstić information content (AvgIpc) is 3.31. The number of nitrogens with zero attached hydrogens (tertiary/aromatic N) is 2. The summed E-state index contributed by atoms with van der Waals surface area (Å²) in [6, 6.07) is 7.60. The maximum atomic E-state index is 11.2. The lowest BCUT2D eigenvalue weighted by atomic mass is 10.1. The number of benzene rings is 1. The van der Waals surface area contributed by atoms with Crippen molar-refractivity contribution in [2.24, 2.45) is 4.99 Å². The van der Waals surface area contributed by atoms with Crippen LogP contribution in [0.4, 0.5) is 15.6 Å². The van der Waals surface area contributed by atoms with E-state index in [1.165, 1.54) is 43.4 Å². The number of carbonyl (C=O) groups excluding carboxylic acids is 1. The second-order valence-electron chi connectivity index (χ2n) is 6.52. The average molecular weight is 387 g/mol. The van der Waals surface area contributed by atoms with Crippen LogP contribution in [-0.4, -0.2) is 29.9 Å². The molecule has 2 heterocycles. The monoisotopic (exact) mass is 386 g/mol. The van der Waals surface area contributed by atoms with Crippen molar-refractivity contribution in [2.45, 2.75) is 45.4 Å². The van der Waals surface area contributed by atoms with Gasteiger partial charge in [0.25, 0.3) is 0 Å². The molecule has 1 aromatic heterocycles. The van der Waals surface area contributed by atoms with Crippen LogP contribution in [-0.2, 0) is 0 Å². The van der Waals surface area contributed by atoms with E-state index < -0.39 is 0 Å². The summed E-state index contributed by atoms with van der Waals surface area (Å²) < 4.78 is 5.80. The van der Waals surface area contributed by atoms with E-state index in [1.54, 1.807) is 0 Å². The second-order valence-corrected chi connectivity index (χ2v) is 7.38. The van der Waals surface area contributed by atoms with Gasteiger partial charge >= 0.3 is 6.03 Å². The number of nitrogens with one attached hydrogen (secondary N) is 2. The van der Waals surface area contributed by atoms with Gasteiger partial charge in [-0.05, 0) is 30.7 Å². The van der Waals surface area contributed by atoms with Crippen LogP contribution in [0, 0.1) is 0 Å². The predicted octanol–water partition coefficient (Wildman–Crippen LogP) is 5.14. The second kappa shape index (κ2) is 10.1. The van der Waals surface area contributed by atoms with Crippen LogP contribution in [0.15, 0.2) is 34.6 Å². The zero-order valence-corrected chi connectivity index (χ0v) is 16.5. The molecule has 0 fully saturated rings. The fourth-order valence-electron chi connectivity index (χ4n) is 2.80. The van der Waals surface area contributed by atoms with Crippen molar-refractivity contribution in [2.75, 3.05) is 18.5 Å². The van der Waals surface area contributed by atoms with Crippen LogP contribution in [0.2, 0.25) is 0 Å². The lowest BCUT2D eigenvalue weighted by Crippen LogP contribution is -2.17. The summed E-state index contributed by atoms with van der Waals surface area (Å²) in [5.41, 5.74) is 2.37. The Labute approximate surface area is 164 Å². The Morgan fingerprint density at radius 3 is 2.67 bits per heavy atom. The Bertz CT molecular complexity index is 771. The van der Waals surface area contributed by atoms with Crippen LogP contribution in [0.5, 0.6) is 5.75 Å². The topological polar surface area (TPSA) is 75.6 Å². The number of amides is 2. The maximum Gasteiger partial charge on any atom is 0.341 e. The first-order valence-electron chi connectivity index (χ1n) is 9.56. The van der Waals surface area contributed by atoms with E-state index in [0.29, 0.717) is 12.3 Å². The van der Waals surface area contributed by atoms with E-state index in [4.69, 9.17) is 4.74 Å². The Morgan fingerprint density at radius 2 is 1.93 bits per heavy atom. The Kier molecular flexibility index (Phi) is 7.21. The molecule has 27 heavy (non-hydrogen) atoms. The summed E-state index contributed by atoms with van der Waals surface area (Å²) in [4.78, 5) is 19.6. The first-order chi connectivity index (χ1) is 13.2. The van der Waals surface area contributed by atoms with Crippen molar-refractivity contribution >= 4 is 33.9 Å². The Balaban J connectivity index is 1.42. The molecule has 6 nitrogen and oxygen atoms in total. The number of anilines is 2.